The van der Waals surface area contributed by atoms with E-state index in [0.29, 0.717) is 15.1 Å². The molecule has 2 aromatic rings. The van der Waals surface area contributed by atoms with Crippen molar-refractivity contribution < 1.29 is 0 Å². The van der Waals surface area contributed by atoms with Gasteiger partial charge in [0.25, 0.3) is 0 Å². The maximum atomic E-state index is 6.21. The lowest BCUT2D eigenvalue weighted by Crippen LogP contribution is -1.92. The van der Waals surface area contributed by atoms with Gasteiger partial charge in [0, 0.05) is 23.0 Å². The van der Waals surface area contributed by atoms with Gasteiger partial charge in [-0.05, 0) is 37.6 Å². The standard InChI is InChI=1S/C13H10Cl3N/c1-7-3-4-17-8(2)13(7)9-5-11(15)12(16)6-10(9)14/h3-6H,1-2H3. The Bertz CT molecular complexity index is 559. The van der Waals surface area contributed by atoms with Crippen LogP contribution in [-0.2, 0) is 0 Å². The van der Waals surface area contributed by atoms with Gasteiger partial charge in [0.05, 0.1) is 15.1 Å². The summed E-state index contributed by atoms with van der Waals surface area (Å²) < 4.78 is 0. The molecule has 17 heavy (non-hydrogen) atoms. The quantitative estimate of drug-likeness (QED) is 0.646. The molecule has 0 aliphatic heterocycles. The minimum absolute atomic E-state index is 0.458. The molecular weight excluding hydrogens is 277 g/mol. The number of rotatable bonds is 1. The summed E-state index contributed by atoms with van der Waals surface area (Å²) in [5.74, 6) is 0. The summed E-state index contributed by atoms with van der Waals surface area (Å²) in [6.07, 6.45) is 1.78. The van der Waals surface area contributed by atoms with Gasteiger partial charge in [-0.25, -0.2) is 0 Å². The molecule has 0 bridgehead atoms. The van der Waals surface area contributed by atoms with Crippen molar-refractivity contribution in [1.29, 1.82) is 0 Å². The molecule has 0 spiro atoms. The third-order valence-corrected chi connectivity index (χ3v) is 3.66. The maximum absolute atomic E-state index is 6.21. The predicted octanol–water partition coefficient (Wildman–Crippen LogP) is 5.33. The van der Waals surface area contributed by atoms with E-state index in [2.05, 4.69) is 4.98 Å². The second-order valence-electron chi connectivity index (χ2n) is 3.83. The second kappa shape index (κ2) is 4.85. The first-order chi connectivity index (χ1) is 8.00. The van der Waals surface area contributed by atoms with E-state index in [4.69, 9.17) is 34.8 Å². The predicted molar refractivity (Wildman–Crippen MR) is 74.2 cm³/mol. The van der Waals surface area contributed by atoms with E-state index in [1.807, 2.05) is 19.9 Å². The number of pyridine rings is 1. The van der Waals surface area contributed by atoms with Gasteiger partial charge >= 0.3 is 0 Å². The molecule has 0 atom stereocenters. The van der Waals surface area contributed by atoms with Crippen molar-refractivity contribution in [1.82, 2.24) is 4.98 Å². The Balaban J connectivity index is 2.73. The van der Waals surface area contributed by atoms with Crippen LogP contribution in [0.3, 0.4) is 0 Å². The average molecular weight is 287 g/mol. The van der Waals surface area contributed by atoms with Gasteiger partial charge in [-0.3, -0.25) is 4.98 Å². The molecule has 0 unspecified atom stereocenters. The van der Waals surface area contributed by atoms with E-state index in [1.54, 1.807) is 18.3 Å². The fraction of sp³-hybridized carbons (Fsp3) is 0.154. The summed E-state index contributed by atoms with van der Waals surface area (Å²) in [5, 5.41) is 1.53. The highest BCUT2D eigenvalue weighted by molar-refractivity contribution is 6.44. The number of hydrogen-bond acceptors (Lipinski definition) is 1. The van der Waals surface area contributed by atoms with E-state index in [9.17, 15) is 0 Å². The van der Waals surface area contributed by atoms with Gasteiger partial charge in [0.2, 0.25) is 0 Å². The molecule has 0 aliphatic rings. The van der Waals surface area contributed by atoms with Gasteiger partial charge in [-0.1, -0.05) is 34.8 Å². The van der Waals surface area contributed by atoms with Crippen molar-refractivity contribution >= 4 is 34.8 Å². The highest BCUT2D eigenvalue weighted by Gasteiger charge is 2.12. The van der Waals surface area contributed by atoms with Gasteiger partial charge < -0.3 is 0 Å². The van der Waals surface area contributed by atoms with E-state index in [1.165, 1.54) is 0 Å². The van der Waals surface area contributed by atoms with Crippen LogP contribution in [0.1, 0.15) is 11.3 Å². The van der Waals surface area contributed by atoms with E-state index in [-0.39, 0.29) is 0 Å². The van der Waals surface area contributed by atoms with Gasteiger partial charge in [0.1, 0.15) is 0 Å². The van der Waals surface area contributed by atoms with E-state index < -0.39 is 0 Å². The number of halogens is 3. The molecule has 2 rings (SSSR count). The zero-order chi connectivity index (χ0) is 12.6. The van der Waals surface area contributed by atoms with Crippen LogP contribution in [0, 0.1) is 13.8 Å². The Morgan fingerprint density at radius 2 is 1.59 bits per heavy atom. The smallest absolute Gasteiger partial charge is 0.0607 e. The minimum atomic E-state index is 0.458. The van der Waals surface area contributed by atoms with Crippen LogP contribution in [0.15, 0.2) is 24.4 Å². The number of benzene rings is 1. The molecule has 88 valence electrons. The van der Waals surface area contributed by atoms with Crippen LogP contribution < -0.4 is 0 Å². The summed E-state index contributed by atoms with van der Waals surface area (Å²) >= 11 is 18.2. The Labute approximate surface area is 115 Å². The average Bonchev–Trinajstić information content (AvgIpc) is 2.25. The Morgan fingerprint density at radius 3 is 2.24 bits per heavy atom. The lowest BCUT2D eigenvalue weighted by Gasteiger charge is -2.11. The first kappa shape index (κ1) is 12.7. The zero-order valence-corrected chi connectivity index (χ0v) is 11.7. The molecule has 0 amide bonds. The molecule has 1 aromatic heterocycles. The summed E-state index contributed by atoms with van der Waals surface area (Å²) in [6.45, 7) is 3.96. The van der Waals surface area contributed by atoms with E-state index >= 15 is 0 Å². The molecule has 1 aromatic carbocycles. The molecule has 4 heteroatoms. The Morgan fingerprint density at radius 1 is 0.941 bits per heavy atom. The Kier molecular flexibility index (Phi) is 3.62. The molecule has 0 N–H and O–H groups in total. The lowest BCUT2D eigenvalue weighted by atomic mass is 10.00. The largest absolute Gasteiger partial charge is 0.261 e. The summed E-state index contributed by atoms with van der Waals surface area (Å²) in [5.41, 5.74) is 3.91. The lowest BCUT2D eigenvalue weighted by molar-refractivity contribution is 1.18. The van der Waals surface area contributed by atoms with Crippen molar-refractivity contribution in [2.24, 2.45) is 0 Å². The number of nitrogens with zero attached hydrogens (tertiary/aromatic N) is 1. The van der Waals surface area contributed by atoms with Crippen molar-refractivity contribution in [2.45, 2.75) is 13.8 Å². The molecule has 0 saturated heterocycles. The highest BCUT2D eigenvalue weighted by atomic mass is 35.5. The van der Waals surface area contributed by atoms with Crippen LogP contribution in [0.25, 0.3) is 11.1 Å². The number of aromatic nitrogens is 1. The first-order valence-electron chi connectivity index (χ1n) is 5.08. The van der Waals surface area contributed by atoms with Gasteiger partial charge in [-0.15, -0.1) is 0 Å². The SMILES string of the molecule is Cc1ccnc(C)c1-c1cc(Cl)c(Cl)cc1Cl. The number of hydrogen-bond donors (Lipinski definition) is 0. The molecule has 0 radical (unpaired) electrons. The summed E-state index contributed by atoms with van der Waals surface area (Å²) in [6, 6.07) is 5.39. The van der Waals surface area contributed by atoms with Crippen LogP contribution in [0.4, 0.5) is 0 Å². The first-order valence-corrected chi connectivity index (χ1v) is 6.21. The monoisotopic (exact) mass is 285 g/mol. The van der Waals surface area contributed by atoms with Crippen molar-refractivity contribution in [3.05, 3.63) is 50.7 Å². The summed E-state index contributed by atoms with van der Waals surface area (Å²) in [7, 11) is 0. The summed E-state index contributed by atoms with van der Waals surface area (Å²) in [4.78, 5) is 4.27. The third-order valence-electron chi connectivity index (χ3n) is 2.63. The normalized spacial score (nSPS) is 10.6. The van der Waals surface area contributed by atoms with E-state index in [0.717, 1.165) is 22.4 Å². The van der Waals surface area contributed by atoms with Crippen LogP contribution in [0.2, 0.25) is 15.1 Å². The fourth-order valence-electron chi connectivity index (χ4n) is 1.82. The highest BCUT2D eigenvalue weighted by Crippen LogP contribution is 2.37. The van der Waals surface area contributed by atoms with Crippen molar-refractivity contribution in [3.8, 4) is 11.1 Å². The second-order valence-corrected chi connectivity index (χ2v) is 5.06. The van der Waals surface area contributed by atoms with Crippen LogP contribution in [0.5, 0.6) is 0 Å². The van der Waals surface area contributed by atoms with Gasteiger partial charge in [0.15, 0.2) is 0 Å². The van der Waals surface area contributed by atoms with Gasteiger partial charge in [-0.2, -0.15) is 0 Å². The van der Waals surface area contributed by atoms with Crippen molar-refractivity contribution in [2.75, 3.05) is 0 Å². The van der Waals surface area contributed by atoms with Crippen molar-refractivity contribution in [3.63, 3.8) is 0 Å². The topological polar surface area (TPSA) is 12.9 Å². The molecule has 0 fully saturated rings. The molecular formula is C13H10Cl3N. The minimum Gasteiger partial charge on any atom is -0.261 e. The Hall–Kier alpha value is -0.760. The molecule has 0 saturated carbocycles. The fourth-order valence-corrected chi connectivity index (χ4v) is 2.46. The molecule has 0 aliphatic carbocycles. The third kappa shape index (κ3) is 2.42. The van der Waals surface area contributed by atoms with Crippen LogP contribution >= 0.6 is 34.8 Å². The number of aryl methyl sites for hydroxylation is 2. The zero-order valence-electron chi connectivity index (χ0n) is 9.39. The maximum Gasteiger partial charge on any atom is 0.0607 e. The molecule has 1 heterocycles. The van der Waals surface area contributed by atoms with Crippen LogP contribution in [-0.4, -0.2) is 4.98 Å². The molecule has 1 nitrogen and oxygen atoms in total.